The van der Waals surface area contributed by atoms with Gasteiger partial charge in [-0.1, -0.05) is 129 Å². The Kier molecular flexibility index (Phi) is 21.4. The van der Waals surface area contributed by atoms with E-state index < -0.39 is 0 Å². The van der Waals surface area contributed by atoms with Gasteiger partial charge in [0, 0.05) is 11.6 Å². The van der Waals surface area contributed by atoms with Crippen molar-refractivity contribution in [2.24, 2.45) is 9.98 Å². The lowest BCUT2D eigenvalue weighted by Crippen LogP contribution is -2.01. The van der Waals surface area contributed by atoms with Crippen LogP contribution in [-0.4, -0.2) is 22.1 Å². The highest BCUT2D eigenvalue weighted by atomic mass is 16.3. The summed E-state index contributed by atoms with van der Waals surface area (Å²) >= 11 is 0. The van der Waals surface area contributed by atoms with Gasteiger partial charge in [0.1, 0.15) is 0 Å². The number of phenolic OH excluding ortho intramolecular Hbond substituents is 2. The summed E-state index contributed by atoms with van der Waals surface area (Å²) in [7, 11) is 0. The molecule has 4 aromatic carbocycles. The summed E-state index contributed by atoms with van der Waals surface area (Å²) in [6.45, 7) is 13.5. The van der Waals surface area contributed by atoms with Crippen LogP contribution in [0.3, 0.4) is 0 Å². The maximum Gasteiger partial charge on any atom is 0.165 e. The van der Waals surface area contributed by atoms with Crippen LogP contribution < -0.4 is 0 Å². The largest absolute Gasteiger partial charge is 0.504 e. The molecule has 0 unspecified atom stereocenters. The van der Waals surface area contributed by atoms with Gasteiger partial charge in [-0.05, 0) is 141 Å². The van der Waals surface area contributed by atoms with E-state index in [0.717, 1.165) is 66.4 Å². The second kappa shape index (κ2) is 26.0. The van der Waals surface area contributed by atoms with E-state index in [1.54, 1.807) is 6.07 Å². The lowest BCUT2D eigenvalue weighted by atomic mass is 9.97. The average Bonchev–Trinajstić information content (AvgIpc) is 3.19. The third-order valence-corrected chi connectivity index (χ3v) is 10.4. The minimum absolute atomic E-state index is 0.0177. The molecule has 4 aromatic rings. The number of unbranched alkanes of at least 4 members (excludes halogenated alkanes) is 8. The zero-order valence-corrected chi connectivity index (χ0v) is 34.9. The number of aromatic hydroxyl groups is 2. The number of benzene rings is 4. The summed E-state index contributed by atoms with van der Waals surface area (Å²) in [6.07, 6.45) is 25.9. The van der Waals surface area contributed by atoms with Crippen LogP contribution in [0.2, 0.25) is 0 Å². The predicted octanol–water partition coefficient (Wildman–Crippen LogP) is 15.1. The molecule has 0 aliphatic carbocycles. The highest BCUT2D eigenvalue weighted by Crippen LogP contribution is 2.35. The van der Waals surface area contributed by atoms with Crippen molar-refractivity contribution in [1.82, 2.24) is 0 Å². The van der Waals surface area contributed by atoms with Crippen LogP contribution in [0.1, 0.15) is 166 Å². The first kappa shape index (κ1) is 44.5. The molecule has 0 fully saturated rings. The molecule has 0 spiro atoms. The van der Waals surface area contributed by atoms with E-state index in [-0.39, 0.29) is 11.5 Å². The van der Waals surface area contributed by atoms with Crippen molar-refractivity contribution in [3.8, 4) is 11.5 Å². The summed E-state index contributed by atoms with van der Waals surface area (Å²) in [6, 6.07) is 23.0. The monoisotopic (exact) mass is 733 g/mol. The molecule has 4 rings (SSSR count). The van der Waals surface area contributed by atoms with Crippen molar-refractivity contribution < 1.29 is 10.2 Å². The van der Waals surface area contributed by atoms with E-state index in [9.17, 15) is 10.2 Å². The highest BCUT2D eigenvalue weighted by Gasteiger charge is 2.09. The lowest BCUT2D eigenvalue weighted by Gasteiger charge is -2.11. The summed E-state index contributed by atoms with van der Waals surface area (Å²) in [5.41, 5.74) is 10.5. The quantitative estimate of drug-likeness (QED) is 0.0453. The number of phenols is 2. The SMILES string of the molecule is CCCCCCC(C=Nc1ccc(CCCC)c(CCCC)c1)=Nc1ccc(CCCC)c(CCCC)c1.CCCCc1cccc2c(O)c(O)ccc12. The van der Waals surface area contributed by atoms with Crippen molar-refractivity contribution in [2.45, 2.75) is 170 Å². The molecule has 0 aliphatic rings. The van der Waals surface area contributed by atoms with Crippen LogP contribution in [0, 0.1) is 0 Å². The Balaban J connectivity index is 0.000000404. The fourth-order valence-electron chi connectivity index (χ4n) is 6.97. The van der Waals surface area contributed by atoms with E-state index >= 15 is 0 Å². The molecule has 294 valence electrons. The third-order valence-electron chi connectivity index (χ3n) is 10.4. The zero-order chi connectivity index (χ0) is 39.0. The van der Waals surface area contributed by atoms with E-state index in [2.05, 4.69) is 84.0 Å². The molecule has 0 radical (unpaired) electrons. The molecule has 0 saturated heterocycles. The van der Waals surface area contributed by atoms with Gasteiger partial charge in [-0.2, -0.15) is 0 Å². The molecule has 0 bridgehead atoms. The summed E-state index contributed by atoms with van der Waals surface area (Å²) in [5, 5.41) is 21.0. The van der Waals surface area contributed by atoms with Crippen LogP contribution >= 0.6 is 0 Å². The van der Waals surface area contributed by atoms with Crippen LogP contribution in [0.4, 0.5) is 11.4 Å². The molecule has 0 aliphatic heterocycles. The van der Waals surface area contributed by atoms with Gasteiger partial charge >= 0.3 is 0 Å². The van der Waals surface area contributed by atoms with Crippen molar-refractivity contribution in [1.29, 1.82) is 0 Å². The Morgan fingerprint density at radius 1 is 0.481 bits per heavy atom. The number of hydrogen-bond acceptors (Lipinski definition) is 4. The zero-order valence-electron chi connectivity index (χ0n) is 34.9. The molecule has 0 heterocycles. The van der Waals surface area contributed by atoms with Gasteiger partial charge < -0.3 is 10.2 Å². The summed E-state index contributed by atoms with van der Waals surface area (Å²) in [5.74, 6) is -0.0732. The Bertz CT molecular complexity index is 1720. The third kappa shape index (κ3) is 15.1. The maximum absolute atomic E-state index is 9.76. The highest BCUT2D eigenvalue weighted by molar-refractivity contribution is 6.31. The number of hydrogen-bond donors (Lipinski definition) is 2. The maximum atomic E-state index is 9.76. The van der Waals surface area contributed by atoms with E-state index in [4.69, 9.17) is 9.98 Å². The molecule has 4 heteroatoms. The molecular formula is C50H72N2O2. The van der Waals surface area contributed by atoms with Gasteiger partial charge in [0.2, 0.25) is 0 Å². The molecular weight excluding hydrogens is 661 g/mol. The van der Waals surface area contributed by atoms with Gasteiger partial charge in [0.05, 0.1) is 17.1 Å². The number of rotatable bonds is 23. The molecule has 0 aromatic heterocycles. The first-order chi connectivity index (χ1) is 26.4. The fraction of sp³-hybridized carbons (Fsp3) is 0.520. The predicted molar refractivity (Wildman–Crippen MR) is 237 cm³/mol. The smallest absolute Gasteiger partial charge is 0.165 e. The van der Waals surface area contributed by atoms with Crippen LogP contribution in [-0.2, 0) is 32.1 Å². The standard InChI is InChI=1S/C36H56N2.C14H16O2/c1-6-11-16-17-22-36(38-35-26-24-31(19-13-8-3)33(28-35)21-15-10-5)29-37-34-25-23-30(18-12-7-2)32(27-34)20-14-9-4;1-2-3-5-10-6-4-7-12-11(10)8-9-13(15)14(12)16/h23-29H,6-22H2,1-5H3;4,6-9,15-16H,2-3,5H2,1H3. The van der Waals surface area contributed by atoms with Crippen LogP contribution in [0.5, 0.6) is 11.5 Å². The number of fused-ring (bicyclic) bond motifs is 1. The molecule has 0 saturated carbocycles. The Labute approximate surface area is 329 Å². The normalized spacial score (nSPS) is 11.7. The molecule has 54 heavy (non-hydrogen) atoms. The Hall–Kier alpha value is -3.92. The number of aryl methyl sites for hydroxylation is 5. The van der Waals surface area contributed by atoms with Gasteiger partial charge in [-0.15, -0.1) is 0 Å². The van der Waals surface area contributed by atoms with E-state index in [0.29, 0.717) is 0 Å². The molecule has 0 atom stereocenters. The first-order valence-corrected chi connectivity index (χ1v) is 21.7. The van der Waals surface area contributed by atoms with Crippen LogP contribution in [0.15, 0.2) is 76.7 Å². The average molecular weight is 733 g/mol. The Morgan fingerprint density at radius 2 is 1.00 bits per heavy atom. The van der Waals surface area contributed by atoms with Gasteiger partial charge in [-0.3, -0.25) is 9.98 Å². The summed E-state index contributed by atoms with van der Waals surface area (Å²) < 4.78 is 0. The molecule has 2 N–H and O–H groups in total. The molecule has 4 nitrogen and oxygen atoms in total. The van der Waals surface area contributed by atoms with Crippen molar-refractivity contribution in [2.75, 3.05) is 0 Å². The van der Waals surface area contributed by atoms with Gasteiger partial charge in [0.25, 0.3) is 0 Å². The second-order valence-corrected chi connectivity index (χ2v) is 15.0. The Morgan fingerprint density at radius 3 is 1.57 bits per heavy atom. The lowest BCUT2D eigenvalue weighted by molar-refractivity contribution is 0.408. The minimum atomic E-state index is -0.0554. The first-order valence-electron chi connectivity index (χ1n) is 21.7. The number of aliphatic imine (C=N–C) groups is 2. The van der Waals surface area contributed by atoms with E-state index in [1.165, 1.54) is 118 Å². The molecule has 0 amide bonds. The van der Waals surface area contributed by atoms with Crippen molar-refractivity contribution in [3.63, 3.8) is 0 Å². The topological polar surface area (TPSA) is 65.2 Å². The van der Waals surface area contributed by atoms with E-state index in [1.807, 2.05) is 24.4 Å². The number of nitrogens with zero attached hydrogens (tertiary/aromatic N) is 2. The second-order valence-electron chi connectivity index (χ2n) is 15.0. The van der Waals surface area contributed by atoms with Crippen molar-refractivity contribution >= 4 is 34.1 Å². The minimum Gasteiger partial charge on any atom is -0.504 e. The summed E-state index contributed by atoms with van der Waals surface area (Å²) in [4.78, 5) is 10.1. The van der Waals surface area contributed by atoms with Gasteiger partial charge in [0.15, 0.2) is 11.5 Å². The van der Waals surface area contributed by atoms with Gasteiger partial charge in [-0.25, -0.2) is 0 Å². The van der Waals surface area contributed by atoms with Crippen LogP contribution in [0.25, 0.3) is 10.8 Å². The van der Waals surface area contributed by atoms with Crippen molar-refractivity contribution in [3.05, 3.63) is 94.5 Å². The fourth-order valence-corrected chi connectivity index (χ4v) is 6.97.